The Bertz CT molecular complexity index is 894. The summed E-state index contributed by atoms with van der Waals surface area (Å²) in [6.07, 6.45) is 3.72. The molecule has 1 aliphatic heterocycles. The molecule has 0 radical (unpaired) electrons. The largest absolute Gasteiger partial charge is 0.497 e. The van der Waals surface area contributed by atoms with Crippen molar-refractivity contribution < 1.29 is 13.9 Å². The summed E-state index contributed by atoms with van der Waals surface area (Å²) < 4.78 is 10.7. The summed E-state index contributed by atoms with van der Waals surface area (Å²) in [6, 6.07) is 5.48. The van der Waals surface area contributed by atoms with Crippen molar-refractivity contribution in [2.45, 2.75) is 58.0 Å². The van der Waals surface area contributed by atoms with Gasteiger partial charge in [0.05, 0.1) is 7.11 Å². The first-order chi connectivity index (χ1) is 12.9. The highest BCUT2D eigenvalue weighted by atomic mass is 35.5. The van der Waals surface area contributed by atoms with E-state index in [2.05, 4.69) is 0 Å². The second-order valence-corrected chi connectivity index (χ2v) is 7.36. The van der Waals surface area contributed by atoms with Crippen molar-refractivity contribution >= 4 is 29.3 Å². The van der Waals surface area contributed by atoms with Crippen LogP contribution in [0.1, 0.15) is 43.7 Å². The molecule has 2 N–H and O–H groups in total. The fourth-order valence-corrected chi connectivity index (χ4v) is 3.98. The molecule has 1 fully saturated rings. The molecule has 6 nitrogen and oxygen atoms in total. The number of amides is 1. The lowest BCUT2D eigenvalue weighted by atomic mass is 9.95. The number of nitrogens with two attached hydrogens (primary N) is 1. The standard InChI is InChI=1S/C21H28N2O4.ClH/c1-13-16-8-7-15(26-3)12-19(16)27-21(25)17(13)9-10-20(24)23-11-5-4-6-18(23)14(2)22;/h7-8,12,14,18H,4-6,9-11,22H2,1-3H3;1H. The minimum absolute atomic E-state index is 0. The van der Waals surface area contributed by atoms with E-state index in [0.29, 0.717) is 23.3 Å². The third-order valence-corrected chi connectivity index (χ3v) is 5.56. The zero-order chi connectivity index (χ0) is 19.6. The van der Waals surface area contributed by atoms with Crippen molar-refractivity contribution in [1.82, 2.24) is 4.90 Å². The van der Waals surface area contributed by atoms with Gasteiger partial charge in [-0.2, -0.15) is 0 Å². The summed E-state index contributed by atoms with van der Waals surface area (Å²) in [5, 5.41) is 0.865. The molecular weight excluding hydrogens is 380 g/mol. The number of likely N-dealkylation sites (tertiary alicyclic amines) is 1. The number of nitrogens with zero attached hydrogens (tertiary/aromatic N) is 1. The van der Waals surface area contributed by atoms with E-state index in [1.165, 1.54) is 0 Å². The maximum absolute atomic E-state index is 12.8. The first kappa shape index (κ1) is 22.2. The number of methoxy groups -OCH3 is 1. The molecule has 2 unspecified atom stereocenters. The highest BCUT2D eigenvalue weighted by molar-refractivity contribution is 5.85. The fraction of sp³-hybridized carbons (Fsp3) is 0.524. The molecule has 1 aliphatic rings. The molecule has 0 saturated carbocycles. The van der Waals surface area contributed by atoms with Crippen molar-refractivity contribution in [3.8, 4) is 5.75 Å². The molecule has 154 valence electrons. The van der Waals surface area contributed by atoms with E-state index in [1.807, 2.05) is 30.9 Å². The Morgan fingerprint density at radius 1 is 1.39 bits per heavy atom. The number of rotatable bonds is 5. The summed E-state index contributed by atoms with van der Waals surface area (Å²) in [4.78, 5) is 27.1. The van der Waals surface area contributed by atoms with Crippen LogP contribution in [0.5, 0.6) is 5.75 Å². The highest BCUT2D eigenvalue weighted by Gasteiger charge is 2.29. The van der Waals surface area contributed by atoms with Crippen LogP contribution in [0.15, 0.2) is 27.4 Å². The van der Waals surface area contributed by atoms with Gasteiger partial charge in [-0.25, -0.2) is 4.79 Å². The summed E-state index contributed by atoms with van der Waals surface area (Å²) in [7, 11) is 1.57. The first-order valence-corrected chi connectivity index (χ1v) is 9.57. The molecule has 2 heterocycles. The third-order valence-electron chi connectivity index (χ3n) is 5.56. The lowest BCUT2D eigenvalue weighted by Gasteiger charge is -2.38. The molecule has 1 amide bonds. The molecule has 2 aromatic rings. The normalized spacial score (nSPS) is 17.9. The quantitative estimate of drug-likeness (QED) is 0.768. The van der Waals surface area contributed by atoms with Gasteiger partial charge in [0.1, 0.15) is 11.3 Å². The molecule has 1 aromatic heterocycles. The number of carbonyl (C=O) groups excluding carboxylic acids is 1. The lowest BCUT2D eigenvalue weighted by molar-refractivity contribution is -0.135. The van der Waals surface area contributed by atoms with Crippen molar-refractivity contribution in [2.75, 3.05) is 13.7 Å². The van der Waals surface area contributed by atoms with Gasteiger partial charge in [0.15, 0.2) is 0 Å². The van der Waals surface area contributed by atoms with Gasteiger partial charge in [-0.1, -0.05) is 0 Å². The zero-order valence-electron chi connectivity index (χ0n) is 16.7. The van der Waals surface area contributed by atoms with E-state index in [-0.39, 0.29) is 42.4 Å². The number of hydrogen-bond donors (Lipinski definition) is 1. The van der Waals surface area contributed by atoms with Crippen LogP contribution < -0.4 is 16.1 Å². The molecule has 28 heavy (non-hydrogen) atoms. The van der Waals surface area contributed by atoms with Gasteiger partial charge < -0.3 is 19.8 Å². The Labute approximate surface area is 171 Å². The van der Waals surface area contributed by atoms with Crippen LogP contribution in [-0.4, -0.2) is 36.5 Å². The maximum Gasteiger partial charge on any atom is 0.339 e. The molecule has 1 saturated heterocycles. The van der Waals surface area contributed by atoms with Gasteiger partial charge >= 0.3 is 5.63 Å². The van der Waals surface area contributed by atoms with E-state index >= 15 is 0 Å². The van der Waals surface area contributed by atoms with Gasteiger partial charge in [-0.15, -0.1) is 12.4 Å². The third kappa shape index (κ3) is 4.50. The van der Waals surface area contributed by atoms with Gasteiger partial charge in [0.25, 0.3) is 0 Å². The van der Waals surface area contributed by atoms with Gasteiger partial charge in [0.2, 0.25) is 5.91 Å². The zero-order valence-corrected chi connectivity index (χ0v) is 17.5. The molecule has 0 bridgehead atoms. The molecule has 0 spiro atoms. The Hall–Kier alpha value is -2.05. The second kappa shape index (κ2) is 9.43. The van der Waals surface area contributed by atoms with Gasteiger partial charge in [-0.05, 0) is 57.2 Å². The van der Waals surface area contributed by atoms with Crippen molar-refractivity contribution in [1.29, 1.82) is 0 Å². The highest BCUT2D eigenvalue weighted by Crippen LogP contribution is 2.25. The number of piperidine rings is 1. The molecule has 1 aromatic carbocycles. The van der Waals surface area contributed by atoms with Crippen LogP contribution in [0.4, 0.5) is 0 Å². The van der Waals surface area contributed by atoms with Crippen LogP contribution in [0, 0.1) is 6.92 Å². The van der Waals surface area contributed by atoms with Crippen LogP contribution in [0.25, 0.3) is 11.0 Å². The Morgan fingerprint density at radius 3 is 2.82 bits per heavy atom. The van der Waals surface area contributed by atoms with Crippen LogP contribution in [0.2, 0.25) is 0 Å². The van der Waals surface area contributed by atoms with Crippen molar-refractivity contribution in [3.63, 3.8) is 0 Å². The van der Waals surface area contributed by atoms with Gasteiger partial charge in [0, 0.05) is 42.1 Å². The average molecular weight is 409 g/mol. The van der Waals surface area contributed by atoms with E-state index in [4.69, 9.17) is 14.9 Å². The summed E-state index contributed by atoms with van der Waals surface area (Å²) in [5.74, 6) is 0.700. The number of fused-ring (bicyclic) bond motifs is 1. The summed E-state index contributed by atoms with van der Waals surface area (Å²) >= 11 is 0. The molecule has 0 aliphatic carbocycles. The number of halogens is 1. The summed E-state index contributed by atoms with van der Waals surface area (Å²) in [6.45, 7) is 4.60. The second-order valence-electron chi connectivity index (χ2n) is 7.36. The molecule has 2 atom stereocenters. The maximum atomic E-state index is 12.8. The summed E-state index contributed by atoms with van der Waals surface area (Å²) in [5.41, 5.74) is 7.61. The van der Waals surface area contributed by atoms with Crippen LogP contribution >= 0.6 is 12.4 Å². The van der Waals surface area contributed by atoms with Crippen LogP contribution in [0.3, 0.4) is 0 Å². The van der Waals surface area contributed by atoms with Crippen molar-refractivity contribution in [2.24, 2.45) is 5.73 Å². The smallest absolute Gasteiger partial charge is 0.339 e. The Kier molecular flexibility index (Phi) is 7.49. The first-order valence-electron chi connectivity index (χ1n) is 9.57. The van der Waals surface area contributed by atoms with Gasteiger partial charge in [-0.3, -0.25) is 4.79 Å². The molecule has 3 rings (SSSR count). The van der Waals surface area contributed by atoms with E-state index in [9.17, 15) is 9.59 Å². The van der Waals surface area contributed by atoms with Crippen LogP contribution in [-0.2, 0) is 11.2 Å². The van der Waals surface area contributed by atoms with E-state index in [0.717, 1.165) is 36.8 Å². The predicted molar refractivity (Wildman–Crippen MR) is 112 cm³/mol. The number of ether oxygens (including phenoxy) is 1. The number of hydrogen-bond acceptors (Lipinski definition) is 5. The molecular formula is C21H29ClN2O4. The topological polar surface area (TPSA) is 85.8 Å². The lowest BCUT2D eigenvalue weighted by Crippen LogP contribution is -2.51. The van der Waals surface area contributed by atoms with E-state index < -0.39 is 0 Å². The number of carbonyl (C=O) groups is 1. The number of aryl methyl sites for hydroxylation is 1. The minimum Gasteiger partial charge on any atom is -0.497 e. The Morgan fingerprint density at radius 2 is 2.14 bits per heavy atom. The monoisotopic (exact) mass is 408 g/mol. The predicted octanol–water partition coefficient (Wildman–Crippen LogP) is 3.19. The Balaban J connectivity index is 0.00000280. The minimum atomic E-state index is -0.386. The SMILES string of the molecule is COc1ccc2c(C)c(CCC(=O)N3CCCCC3C(C)N)c(=O)oc2c1.Cl. The average Bonchev–Trinajstić information content (AvgIpc) is 2.67. The van der Waals surface area contributed by atoms with E-state index in [1.54, 1.807) is 13.2 Å². The number of benzene rings is 1. The molecule has 7 heteroatoms. The van der Waals surface area contributed by atoms with Crippen molar-refractivity contribution in [3.05, 3.63) is 39.7 Å². The fourth-order valence-electron chi connectivity index (χ4n) is 3.98.